The first-order valence-corrected chi connectivity index (χ1v) is 5.23. The van der Waals surface area contributed by atoms with Crippen molar-refractivity contribution >= 4 is 5.97 Å². The van der Waals surface area contributed by atoms with Crippen molar-refractivity contribution in [2.45, 2.75) is 38.8 Å². The molecule has 1 aliphatic rings. The van der Waals surface area contributed by atoms with Gasteiger partial charge in [0.05, 0.1) is 13.2 Å². The highest BCUT2D eigenvalue weighted by Crippen LogP contribution is 2.14. The van der Waals surface area contributed by atoms with Gasteiger partial charge in [0.1, 0.15) is 6.04 Å². The van der Waals surface area contributed by atoms with Crippen LogP contribution in [0.1, 0.15) is 26.7 Å². The van der Waals surface area contributed by atoms with Gasteiger partial charge in [-0.15, -0.1) is 0 Å². The standard InChI is InChI=1S/C10H19NO3/c1-3-4-8(2)11-5-6-14-7-9(11)10(12)13/h8-9H,3-7H2,1-2H3,(H,12,13). The molecule has 1 heterocycles. The second-order valence-electron chi connectivity index (χ2n) is 3.80. The molecule has 0 aliphatic carbocycles. The minimum absolute atomic E-state index is 0.323. The van der Waals surface area contributed by atoms with Gasteiger partial charge >= 0.3 is 5.97 Å². The minimum Gasteiger partial charge on any atom is -0.480 e. The molecule has 2 unspecified atom stereocenters. The molecule has 14 heavy (non-hydrogen) atoms. The van der Waals surface area contributed by atoms with Crippen LogP contribution in [0.25, 0.3) is 0 Å². The molecule has 1 rings (SSSR count). The number of ether oxygens (including phenoxy) is 1. The molecule has 0 aromatic heterocycles. The Morgan fingerprint density at radius 2 is 2.43 bits per heavy atom. The van der Waals surface area contributed by atoms with Crippen molar-refractivity contribution in [1.82, 2.24) is 4.90 Å². The van der Waals surface area contributed by atoms with Crippen LogP contribution in [0.3, 0.4) is 0 Å². The summed E-state index contributed by atoms with van der Waals surface area (Å²) in [6, 6.07) is -0.115. The van der Waals surface area contributed by atoms with Crippen molar-refractivity contribution in [3.8, 4) is 0 Å². The van der Waals surface area contributed by atoms with Crippen LogP contribution in [-0.4, -0.2) is 47.8 Å². The maximum absolute atomic E-state index is 11.0. The van der Waals surface area contributed by atoms with Crippen LogP contribution in [0.2, 0.25) is 0 Å². The lowest BCUT2D eigenvalue weighted by Gasteiger charge is -2.37. The number of morpholine rings is 1. The van der Waals surface area contributed by atoms with E-state index in [1.165, 1.54) is 0 Å². The average molecular weight is 201 g/mol. The Bertz CT molecular complexity index is 196. The second-order valence-corrected chi connectivity index (χ2v) is 3.80. The maximum Gasteiger partial charge on any atom is 0.323 e. The number of hydrogen-bond acceptors (Lipinski definition) is 3. The number of carboxylic acids is 1. The van der Waals surface area contributed by atoms with Crippen LogP contribution in [0, 0.1) is 0 Å². The minimum atomic E-state index is -0.771. The van der Waals surface area contributed by atoms with E-state index in [2.05, 4.69) is 13.8 Å². The summed E-state index contributed by atoms with van der Waals surface area (Å²) in [7, 11) is 0. The van der Waals surface area contributed by atoms with E-state index in [-0.39, 0.29) is 0 Å². The Morgan fingerprint density at radius 1 is 1.71 bits per heavy atom. The monoisotopic (exact) mass is 201 g/mol. The Morgan fingerprint density at radius 3 is 3.00 bits per heavy atom. The SMILES string of the molecule is CCCC(C)N1CCOCC1C(=O)O. The van der Waals surface area contributed by atoms with E-state index in [4.69, 9.17) is 9.84 Å². The Kier molecular flexibility index (Phi) is 4.35. The molecule has 4 heteroatoms. The van der Waals surface area contributed by atoms with Gasteiger partial charge < -0.3 is 9.84 Å². The number of carboxylic acid groups (broad SMARTS) is 1. The van der Waals surface area contributed by atoms with Crippen molar-refractivity contribution in [1.29, 1.82) is 0 Å². The van der Waals surface area contributed by atoms with Crippen LogP contribution >= 0.6 is 0 Å². The fourth-order valence-corrected chi connectivity index (χ4v) is 1.94. The predicted molar refractivity (Wildman–Crippen MR) is 53.3 cm³/mol. The smallest absolute Gasteiger partial charge is 0.323 e. The van der Waals surface area contributed by atoms with Gasteiger partial charge in [-0.3, -0.25) is 9.69 Å². The summed E-state index contributed by atoms with van der Waals surface area (Å²) in [6.45, 7) is 5.91. The zero-order valence-corrected chi connectivity index (χ0v) is 8.90. The maximum atomic E-state index is 11.0. The van der Waals surface area contributed by atoms with Gasteiger partial charge in [0.15, 0.2) is 0 Å². The van der Waals surface area contributed by atoms with E-state index in [1.54, 1.807) is 0 Å². The molecule has 1 fully saturated rings. The summed E-state index contributed by atoms with van der Waals surface area (Å²) < 4.78 is 5.18. The van der Waals surface area contributed by atoms with Crippen LogP contribution in [0.4, 0.5) is 0 Å². The van der Waals surface area contributed by atoms with Crippen LogP contribution in [0.5, 0.6) is 0 Å². The first-order valence-electron chi connectivity index (χ1n) is 5.23. The molecule has 0 aromatic rings. The number of hydrogen-bond donors (Lipinski definition) is 1. The molecule has 1 aliphatic heterocycles. The van der Waals surface area contributed by atoms with Gasteiger partial charge in [0, 0.05) is 12.6 Å². The number of carbonyl (C=O) groups is 1. The largest absolute Gasteiger partial charge is 0.480 e. The predicted octanol–water partition coefficient (Wildman–Crippen LogP) is 0.960. The summed E-state index contributed by atoms with van der Waals surface area (Å²) in [4.78, 5) is 13.0. The molecular weight excluding hydrogens is 182 g/mol. The van der Waals surface area contributed by atoms with Crippen molar-refractivity contribution in [2.24, 2.45) is 0 Å². The van der Waals surface area contributed by atoms with E-state index in [1.807, 2.05) is 4.90 Å². The molecule has 4 nitrogen and oxygen atoms in total. The molecule has 2 atom stereocenters. The fourth-order valence-electron chi connectivity index (χ4n) is 1.94. The second kappa shape index (κ2) is 5.32. The summed E-state index contributed by atoms with van der Waals surface area (Å²) in [5.41, 5.74) is 0. The average Bonchev–Trinajstić information content (AvgIpc) is 2.18. The van der Waals surface area contributed by atoms with Crippen molar-refractivity contribution < 1.29 is 14.6 Å². The molecule has 82 valence electrons. The van der Waals surface area contributed by atoms with E-state index in [0.29, 0.717) is 19.3 Å². The lowest BCUT2D eigenvalue weighted by atomic mass is 10.1. The van der Waals surface area contributed by atoms with Crippen molar-refractivity contribution in [3.63, 3.8) is 0 Å². The highest BCUT2D eigenvalue weighted by atomic mass is 16.5. The normalized spacial score (nSPS) is 26.0. The van der Waals surface area contributed by atoms with Gasteiger partial charge in [-0.25, -0.2) is 0 Å². The van der Waals surface area contributed by atoms with Crippen LogP contribution < -0.4 is 0 Å². The summed E-state index contributed by atoms with van der Waals surface area (Å²) in [5, 5.41) is 9.00. The van der Waals surface area contributed by atoms with Gasteiger partial charge in [-0.2, -0.15) is 0 Å². The number of rotatable bonds is 4. The molecule has 1 saturated heterocycles. The van der Waals surface area contributed by atoms with Crippen molar-refractivity contribution in [3.05, 3.63) is 0 Å². The molecular formula is C10H19NO3. The van der Waals surface area contributed by atoms with Crippen LogP contribution in [0.15, 0.2) is 0 Å². The molecule has 0 saturated carbocycles. The van der Waals surface area contributed by atoms with E-state index in [9.17, 15) is 4.79 Å². The lowest BCUT2D eigenvalue weighted by Crippen LogP contribution is -2.53. The molecule has 0 radical (unpaired) electrons. The zero-order valence-electron chi connectivity index (χ0n) is 8.90. The molecule has 0 aromatic carbocycles. The summed E-state index contributed by atoms with van der Waals surface area (Å²) in [5.74, 6) is -0.771. The molecule has 0 spiro atoms. The van der Waals surface area contributed by atoms with Gasteiger partial charge in [-0.1, -0.05) is 13.3 Å². The fraction of sp³-hybridized carbons (Fsp3) is 0.900. The Balaban J connectivity index is 2.57. The highest BCUT2D eigenvalue weighted by Gasteiger charge is 2.31. The van der Waals surface area contributed by atoms with E-state index >= 15 is 0 Å². The first kappa shape index (κ1) is 11.5. The zero-order chi connectivity index (χ0) is 10.6. The lowest BCUT2D eigenvalue weighted by molar-refractivity contribution is -0.151. The topological polar surface area (TPSA) is 49.8 Å². The first-order chi connectivity index (χ1) is 6.66. The van der Waals surface area contributed by atoms with E-state index in [0.717, 1.165) is 19.4 Å². The summed E-state index contributed by atoms with van der Waals surface area (Å²) in [6.07, 6.45) is 2.13. The molecule has 0 bridgehead atoms. The number of nitrogens with zero attached hydrogens (tertiary/aromatic N) is 1. The van der Waals surface area contributed by atoms with Gasteiger partial charge in [0.25, 0.3) is 0 Å². The Labute approximate surface area is 84.8 Å². The molecule has 0 amide bonds. The third-order valence-corrected chi connectivity index (χ3v) is 2.73. The van der Waals surface area contributed by atoms with E-state index < -0.39 is 12.0 Å². The quantitative estimate of drug-likeness (QED) is 0.736. The third-order valence-electron chi connectivity index (χ3n) is 2.73. The van der Waals surface area contributed by atoms with Crippen LogP contribution in [-0.2, 0) is 9.53 Å². The van der Waals surface area contributed by atoms with Crippen molar-refractivity contribution in [2.75, 3.05) is 19.8 Å². The number of aliphatic carboxylic acids is 1. The highest BCUT2D eigenvalue weighted by molar-refractivity contribution is 5.73. The van der Waals surface area contributed by atoms with Gasteiger partial charge in [-0.05, 0) is 13.3 Å². The Hall–Kier alpha value is -0.610. The summed E-state index contributed by atoms with van der Waals surface area (Å²) >= 11 is 0. The third kappa shape index (κ3) is 2.69. The van der Waals surface area contributed by atoms with Gasteiger partial charge in [0.2, 0.25) is 0 Å². The molecule has 1 N–H and O–H groups in total.